The van der Waals surface area contributed by atoms with Crippen molar-refractivity contribution in [3.63, 3.8) is 0 Å². The van der Waals surface area contributed by atoms with Crippen LogP contribution < -0.4 is 0 Å². The zero-order valence-electron chi connectivity index (χ0n) is 9.01. The zero-order chi connectivity index (χ0) is 11.0. The number of alkyl halides is 1. The van der Waals surface area contributed by atoms with Gasteiger partial charge in [0.05, 0.1) is 16.9 Å². The van der Waals surface area contributed by atoms with E-state index in [-0.39, 0.29) is 5.38 Å². The molecule has 0 N–H and O–H groups in total. The van der Waals surface area contributed by atoms with Gasteiger partial charge in [0.2, 0.25) is 0 Å². The molecular formula is C12H14ClN3. The van der Waals surface area contributed by atoms with Crippen molar-refractivity contribution < 1.29 is 0 Å². The molecule has 0 saturated heterocycles. The van der Waals surface area contributed by atoms with Gasteiger partial charge in [-0.15, -0.1) is 16.7 Å². The van der Waals surface area contributed by atoms with Gasteiger partial charge < -0.3 is 0 Å². The summed E-state index contributed by atoms with van der Waals surface area (Å²) >= 11 is 6.39. The van der Waals surface area contributed by atoms with E-state index in [0.29, 0.717) is 6.04 Å². The fraction of sp³-hybridized carbons (Fsp3) is 0.500. The maximum absolute atomic E-state index is 6.39. The van der Waals surface area contributed by atoms with Crippen molar-refractivity contribution in [2.24, 2.45) is 0 Å². The molecule has 16 heavy (non-hydrogen) atoms. The summed E-state index contributed by atoms with van der Waals surface area (Å²) in [6.07, 6.45) is 4.67. The summed E-state index contributed by atoms with van der Waals surface area (Å²) < 4.78 is 2.01. The Morgan fingerprint density at radius 2 is 2.00 bits per heavy atom. The molecule has 4 heteroatoms. The van der Waals surface area contributed by atoms with E-state index >= 15 is 0 Å². The first-order valence-electron chi connectivity index (χ1n) is 5.80. The Balaban J connectivity index is 2.04. The van der Waals surface area contributed by atoms with Crippen LogP contribution in [0.25, 0.3) is 11.0 Å². The number of halogens is 1. The summed E-state index contributed by atoms with van der Waals surface area (Å²) in [6, 6.07) is 8.37. The van der Waals surface area contributed by atoms with E-state index in [0.717, 1.165) is 23.9 Å². The minimum absolute atomic E-state index is 0.193. The number of benzene rings is 1. The summed E-state index contributed by atoms with van der Waals surface area (Å²) in [7, 11) is 0. The van der Waals surface area contributed by atoms with Gasteiger partial charge in [-0.25, -0.2) is 4.68 Å². The maximum Gasteiger partial charge on any atom is 0.113 e. The molecule has 0 spiro atoms. The monoisotopic (exact) mass is 235 g/mol. The Morgan fingerprint density at radius 3 is 2.88 bits per heavy atom. The predicted molar refractivity (Wildman–Crippen MR) is 64.7 cm³/mol. The second-order valence-corrected chi connectivity index (χ2v) is 4.95. The molecule has 0 unspecified atom stereocenters. The molecule has 0 aliphatic heterocycles. The molecule has 1 heterocycles. The molecule has 2 atom stereocenters. The van der Waals surface area contributed by atoms with Crippen LogP contribution in [-0.4, -0.2) is 20.4 Å². The van der Waals surface area contributed by atoms with Gasteiger partial charge in [0.15, 0.2) is 0 Å². The van der Waals surface area contributed by atoms with Crippen LogP contribution >= 0.6 is 11.6 Å². The van der Waals surface area contributed by atoms with E-state index in [2.05, 4.69) is 16.4 Å². The molecule has 1 aromatic heterocycles. The highest BCUT2D eigenvalue weighted by molar-refractivity contribution is 6.21. The van der Waals surface area contributed by atoms with Crippen LogP contribution in [0.4, 0.5) is 0 Å². The lowest BCUT2D eigenvalue weighted by Crippen LogP contribution is -2.24. The number of para-hydroxylation sites is 1. The van der Waals surface area contributed by atoms with Crippen molar-refractivity contribution in [1.29, 1.82) is 0 Å². The number of hydrogen-bond acceptors (Lipinski definition) is 2. The van der Waals surface area contributed by atoms with Gasteiger partial charge in [0, 0.05) is 0 Å². The Morgan fingerprint density at radius 1 is 1.19 bits per heavy atom. The van der Waals surface area contributed by atoms with Crippen LogP contribution in [0.15, 0.2) is 24.3 Å². The van der Waals surface area contributed by atoms with E-state index in [4.69, 9.17) is 11.6 Å². The summed E-state index contributed by atoms with van der Waals surface area (Å²) in [4.78, 5) is 0. The standard InChI is InChI=1S/C12H14ClN3/c13-9-5-1-3-7-11(9)16-12-8-4-2-6-10(12)14-15-16/h2,4,6,8-9,11H,1,3,5,7H2/t9-,11+/m0/s1. The van der Waals surface area contributed by atoms with Crippen LogP contribution in [0.3, 0.4) is 0 Å². The van der Waals surface area contributed by atoms with Crippen LogP contribution in [0.1, 0.15) is 31.7 Å². The molecule has 1 aliphatic carbocycles. The van der Waals surface area contributed by atoms with Gasteiger partial charge in [0.1, 0.15) is 5.52 Å². The first kappa shape index (κ1) is 10.1. The number of rotatable bonds is 1. The Hall–Kier alpha value is -1.09. The average molecular weight is 236 g/mol. The fourth-order valence-electron chi connectivity index (χ4n) is 2.47. The summed E-state index contributed by atoms with van der Waals surface area (Å²) in [5.74, 6) is 0. The van der Waals surface area contributed by atoms with E-state index in [1.54, 1.807) is 0 Å². The quantitative estimate of drug-likeness (QED) is 0.711. The van der Waals surface area contributed by atoms with Crippen molar-refractivity contribution in [1.82, 2.24) is 15.0 Å². The third kappa shape index (κ3) is 1.59. The van der Waals surface area contributed by atoms with Gasteiger partial charge in [-0.3, -0.25) is 0 Å². The zero-order valence-corrected chi connectivity index (χ0v) is 9.77. The van der Waals surface area contributed by atoms with Crippen molar-refractivity contribution in [3.05, 3.63) is 24.3 Å². The predicted octanol–water partition coefficient (Wildman–Crippen LogP) is 3.15. The molecule has 3 nitrogen and oxygen atoms in total. The first-order chi connectivity index (χ1) is 7.86. The molecule has 0 radical (unpaired) electrons. The van der Waals surface area contributed by atoms with Crippen molar-refractivity contribution in [2.45, 2.75) is 37.1 Å². The van der Waals surface area contributed by atoms with E-state index in [1.165, 1.54) is 12.8 Å². The third-order valence-electron chi connectivity index (χ3n) is 3.34. The van der Waals surface area contributed by atoms with Crippen molar-refractivity contribution in [3.8, 4) is 0 Å². The lowest BCUT2D eigenvalue weighted by atomic mass is 9.95. The normalized spacial score (nSPS) is 26.1. The molecule has 1 aromatic carbocycles. The Kier molecular flexibility index (Phi) is 2.56. The van der Waals surface area contributed by atoms with Gasteiger partial charge in [0.25, 0.3) is 0 Å². The second kappa shape index (κ2) is 4.06. The van der Waals surface area contributed by atoms with Gasteiger partial charge in [-0.05, 0) is 25.0 Å². The Bertz CT molecular complexity index is 494. The highest BCUT2D eigenvalue weighted by Crippen LogP contribution is 2.33. The molecule has 1 aliphatic rings. The largest absolute Gasteiger partial charge is 0.240 e. The van der Waals surface area contributed by atoms with Gasteiger partial charge in [-0.2, -0.15) is 0 Å². The number of aromatic nitrogens is 3. The molecular weight excluding hydrogens is 222 g/mol. The highest BCUT2D eigenvalue weighted by Gasteiger charge is 2.26. The molecule has 2 aromatic rings. The lowest BCUT2D eigenvalue weighted by Gasteiger charge is -2.27. The van der Waals surface area contributed by atoms with Crippen LogP contribution in [0.2, 0.25) is 0 Å². The number of fused-ring (bicyclic) bond motifs is 1. The fourth-order valence-corrected chi connectivity index (χ4v) is 2.86. The number of nitrogens with zero attached hydrogens (tertiary/aromatic N) is 3. The van der Waals surface area contributed by atoms with Crippen molar-refractivity contribution >= 4 is 22.6 Å². The average Bonchev–Trinajstić information content (AvgIpc) is 2.74. The first-order valence-corrected chi connectivity index (χ1v) is 6.24. The Labute approximate surface area is 99.4 Å². The smallest absolute Gasteiger partial charge is 0.113 e. The SMILES string of the molecule is Cl[C@H]1CCCC[C@H]1n1nnc2ccccc21. The summed E-state index contributed by atoms with van der Waals surface area (Å²) in [5.41, 5.74) is 2.05. The third-order valence-corrected chi connectivity index (χ3v) is 3.85. The maximum atomic E-state index is 6.39. The minimum atomic E-state index is 0.193. The van der Waals surface area contributed by atoms with Crippen LogP contribution in [0, 0.1) is 0 Å². The lowest BCUT2D eigenvalue weighted by molar-refractivity contribution is 0.338. The molecule has 84 valence electrons. The van der Waals surface area contributed by atoms with Crippen LogP contribution in [0.5, 0.6) is 0 Å². The topological polar surface area (TPSA) is 30.7 Å². The van der Waals surface area contributed by atoms with E-state index in [9.17, 15) is 0 Å². The number of hydrogen-bond donors (Lipinski definition) is 0. The summed E-state index contributed by atoms with van der Waals surface area (Å²) in [6.45, 7) is 0. The van der Waals surface area contributed by atoms with Crippen molar-refractivity contribution in [2.75, 3.05) is 0 Å². The minimum Gasteiger partial charge on any atom is -0.240 e. The summed E-state index contributed by atoms with van der Waals surface area (Å²) in [5, 5.41) is 8.63. The van der Waals surface area contributed by atoms with Gasteiger partial charge in [-0.1, -0.05) is 30.2 Å². The molecule has 1 saturated carbocycles. The molecule has 1 fully saturated rings. The van der Waals surface area contributed by atoms with E-state index < -0.39 is 0 Å². The van der Waals surface area contributed by atoms with Gasteiger partial charge >= 0.3 is 0 Å². The molecule has 0 bridgehead atoms. The van der Waals surface area contributed by atoms with E-state index in [1.807, 2.05) is 22.9 Å². The highest BCUT2D eigenvalue weighted by atomic mass is 35.5. The van der Waals surface area contributed by atoms with Crippen LogP contribution in [-0.2, 0) is 0 Å². The molecule has 3 rings (SSSR count). The molecule has 0 amide bonds. The second-order valence-electron chi connectivity index (χ2n) is 4.39.